The molecule has 0 aromatic carbocycles. The van der Waals surface area contributed by atoms with Gasteiger partial charge in [-0.15, -0.1) is 65.8 Å². The van der Waals surface area contributed by atoms with Crippen molar-refractivity contribution in [3.8, 4) is 0 Å². The highest BCUT2D eigenvalue weighted by atomic mass is 16.7. The Bertz CT molecular complexity index is 3150. The Hall–Kier alpha value is -11.0. The highest BCUT2D eigenvalue weighted by molar-refractivity contribution is 5.87. The lowest BCUT2D eigenvalue weighted by Crippen LogP contribution is -2.10. The lowest BCUT2D eigenvalue weighted by atomic mass is 10.1. The van der Waals surface area contributed by atoms with E-state index in [0.29, 0.717) is 105 Å². The molecule has 0 amide bonds. The molecule has 0 aliphatic heterocycles. The highest BCUT2D eigenvalue weighted by Gasteiger charge is 2.06. The lowest BCUT2D eigenvalue weighted by Gasteiger charge is -2.05. The van der Waals surface area contributed by atoms with Gasteiger partial charge in [-0.2, -0.15) is 0 Å². The van der Waals surface area contributed by atoms with E-state index in [-0.39, 0.29) is 67.8 Å². The molecule has 0 aliphatic rings. The zero-order valence-corrected chi connectivity index (χ0v) is 92.2. The third-order valence-electron chi connectivity index (χ3n) is 19.1. The summed E-state index contributed by atoms with van der Waals surface area (Å²) in [5.41, 5.74) is 0.402. The summed E-state index contributed by atoms with van der Waals surface area (Å²) >= 11 is 0. The van der Waals surface area contributed by atoms with E-state index < -0.39 is 11.9 Å². The van der Waals surface area contributed by atoms with Gasteiger partial charge in [-0.1, -0.05) is 293 Å². The van der Waals surface area contributed by atoms with Crippen LogP contribution in [0.1, 0.15) is 315 Å². The van der Waals surface area contributed by atoms with Crippen LogP contribution in [0.25, 0.3) is 0 Å². The largest absolute Gasteiger partial charge is 0.463 e. The molecule has 0 aromatic rings. The first-order valence-corrected chi connectivity index (χ1v) is 53.1. The normalized spacial score (nSPS) is 9.63. The molecule has 846 valence electrons. The van der Waals surface area contributed by atoms with E-state index in [1.807, 2.05) is 54.7 Å². The summed E-state index contributed by atoms with van der Waals surface area (Å²) in [5.74, 6) is -3.73. The van der Waals surface area contributed by atoms with Crippen LogP contribution >= 0.6 is 0 Å². The number of esters is 10. The summed E-state index contributed by atoms with van der Waals surface area (Å²) in [6, 6.07) is 0. The first-order chi connectivity index (χ1) is 72.0. The fourth-order valence-electron chi connectivity index (χ4n) is 11.0. The van der Waals surface area contributed by atoms with Gasteiger partial charge in [0.2, 0.25) is 0 Å². The van der Waals surface area contributed by atoms with Crippen molar-refractivity contribution in [3.05, 3.63) is 265 Å². The Balaban J connectivity index is -0.000000180. The van der Waals surface area contributed by atoms with Crippen molar-refractivity contribution in [1.29, 1.82) is 0 Å². The number of carbonyl (C=O) groups excluding carboxylic acids is 10. The number of hydrogen-bond donors (Lipinski definition) is 0. The molecule has 148 heavy (non-hydrogen) atoms. The van der Waals surface area contributed by atoms with Gasteiger partial charge < -0.3 is 75.8 Å². The van der Waals surface area contributed by atoms with Gasteiger partial charge >= 0.3 is 59.7 Å². The van der Waals surface area contributed by atoms with Crippen molar-refractivity contribution < 1.29 is 124 Å². The summed E-state index contributed by atoms with van der Waals surface area (Å²) in [7, 11) is 0. The van der Waals surface area contributed by atoms with Crippen LogP contribution in [0.2, 0.25) is 0 Å². The lowest BCUT2D eigenvalue weighted by molar-refractivity contribution is -0.149. The average molecular weight is 2080 g/mol. The predicted octanol–water partition coefficient (Wildman–Crippen LogP) is 28.7. The number of allylic oxidation sites excluding steroid dienone is 8. The van der Waals surface area contributed by atoms with Crippen LogP contribution in [0.3, 0.4) is 0 Å². The van der Waals surface area contributed by atoms with Crippen molar-refractivity contribution >= 4 is 59.7 Å². The molecule has 0 radical (unpaired) electrons. The standard InChI is InChI=1S/3C17H30O3.C14H24O2.C13H22O2.C11H16O2.C9H14O3.C9H14O2.C8H12O3.C7H10O3/c3*1-3-5-6-7-8-9-10-11-12-14-19-15-13-16-20-17(18)4-2;1-3-5-6-7-8-9-10-11-12-13-16-14(15)4-2;1-3-5-6-7-8-9-10-11-12-15-13(14)4-2;1-3-5-6-7-8-9-10-13-11(12)4-2;1-4-5-11-6-7-12-9(10)8(2)3;1-3-5-6-7-8-11-9(10)4-2;1-3-5-10-6-7-11-8(9)4-2;1-3-5-9-6-10-7(8)4-2/h3*3-4H,1-2,5-16H2;3-4H,1-2,5-13H2;3-4H,1-2,5-12H2;3-4,8-9H,1-2,5-7,10H2;4H,1-2,5-7H2,3H3;3-4H,1-2,5-8H2;3-4H,1-2,5-7H2;3-4H,1-2,5-6H2/b;;;;;9-8+;;;;. The maximum Gasteiger partial charge on any atom is 0.333 e. The van der Waals surface area contributed by atoms with Crippen LogP contribution in [0.4, 0.5) is 0 Å². The Labute approximate surface area is 897 Å². The summed E-state index contributed by atoms with van der Waals surface area (Å²) in [6.07, 6.45) is 89.2. The van der Waals surface area contributed by atoms with E-state index in [4.69, 9.17) is 66.3 Å². The number of rotatable bonds is 96. The van der Waals surface area contributed by atoms with E-state index in [0.717, 1.165) is 173 Å². The van der Waals surface area contributed by atoms with Gasteiger partial charge in [0.05, 0.1) is 72.7 Å². The maximum absolute atomic E-state index is 10.8. The van der Waals surface area contributed by atoms with E-state index in [1.54, 1.807) is 25.2 Å². The molecular weight excluding hydrogens is 1880 g/mol. The Morgan fingerprint density at radius 3 is 0.615 bits per heavy atom. The molecule has 0 rings (SSSR count). The zero-order chi connectivity index (χ0) is 112. The van der Waals surface area contributed by atoms with Gasteiger partial charge in [0.15, 0.2) is 6.79 Å². The summed E-state index contributed by atoms with van der Waals surface area (Å²) < 4.78 is 78.7. The van der Waals surface area contributed by atoms with Crippen LogP contribution in [-0.4, -0.2) is 199 Å². The fraction of sp³-hybridized carbons (Fsp3) is 0.574. The Kier molecular flexibility index (Phi) is 161. The molecule has 0 heterocycles. The van der Waals surface area contributed by atoms with Crippen LogP contribution in [0.15, 0.2) is 265 Å². The molecule has 0 bridgehead atoms. The third kappa shape index (κ3) is 174. The van der Waals surface area contributed by atoms with Crippen LogP contribution in [0, 0.1) is 0 Å². The quantitative estimate of drug-likeness (QED) is 0.0136. The van der Waals surface area contributed by atoms with Gasteiger partial charge in [-0.3, -0.25) is 0 Å². The third-order valence-corrected chi connectivity index (χ3v) is 19.1. The summed E-state index contributed by atoms with van der Waals surface area (Å²) in [4.78, 5) is 106. The summed E-state index contributed by atoms with van der Waals surface area (Å²) in [6.45, 7) is 81.0. The first kappa shape index (κ1) is 157. The molecular formula is C122H202O26. The summed E-state index contributed by atoms with van der Waals surface area (Å²) in [5, 5.41) is 0. The van der Waals surface area contributed by atoms with Gasteiger partial charge in [-0.05, 0) is 142 Å². The molecule has 0 fully saturated rings. The van der Waals surface area contributed by atoms with Crippen LogP contribution in [0.5, 0.6) is 0 Å². The van der Waals surface area contributed by atoms with Crippen LogP contribution < -0.4 is 0 Å². The minimum absolute atomic E-state index is 0.0448. The number of hydrogen-bond acceptors (Lipinski definition) is 26. The minimum atomic E-state index is -0.482. The second-order valence-corrected chi connectivity index (χ2v) is 32.3. The predicted molar refractivity (Wildman–Crippen MR) is 609 cm³/mol. The van der Waals surface area contributed by atoms with E-state index in [2.05, 4.69) is 141 Å². The highest BCUT2D eigenvalue weighted by Crippen LogP contribution is 2.14. The molecule has 0 spiro atoms. The smallest absolute Gasteiger partial charge is 0.333 e. The molecule has 0 N–H and O–H groups in total. The topological polar surface area (TPSA) is 318 Å². The molecule has 0 saturated carbocycles. The van der Waals surface area contributed by atoms with Gasteiger partial charge in [0.1, 0.15) is 19.8 Å². The van der Waals surface area contributed by atoms with E-state index >= 15 is 0 Å². The SMILES string of the molecule is C=CCCC/C=C/COC(=O)C=C.C=CCCCCCCCCCOC(=O)C=C.C=CCCCCCCCCCOCCCOC(=O)C=C.C=CCCCCCCCCCOCCCOC(=O)C=C.C=CCCCCCCCCCOCCCOC(=O)C=C.C=CCCCCCCCCOC(=O)C=C.C=CCCCCOC(=O)C=C.C=CCOCCOC(=O)C(=C)C.C=CCOCCOC(=O)C=C.C=CCOCOC(=O)C=C. The second-order valence-electron chi connectivity index (χ2n) is 32.3. The maximum atomic E-state index is 10.8. The van der Waals surface area contributed by atoms with Crippen molar-refractivity contribution in [2.45, 2.75) is 315 Å². The molecule has 0 unspecified atom stereocenters. The number of ether oxygens (including phenoxy) is 16. The first-order valence-electron chi connectivity index (χ1n) is 53.1. The molecule has 0 saturated heterocycles. The molecule has 26 heteroatoms. The van der Waals surface area contributed by atoms with Gasteiger partial charge in [0.25, 0.3) is 0 Å². The van der Waals surface area contributed by atoms with E-state index in [1.165, 1.54) is 210 Å². The monoisotopic (exact) mass is 2080 g/mol. The minimum Gasteiger partial charge on any atom is -0.463 e. The molecule has 0 aromatic heterocycles. The van der Waals surface area contributed by atoms with Crippen molar-refractivity contribution in [3.63, 3.8) is 0 Å². The number of carbonyl (C=O) groups is 10. The fourth-order valence-corrected chi connectivity index (χ4v) is 11.0. The second kappa shape index (κ2) is 151. The Morgan fingerprint density at radius 1 is 0.162 bits per heavy atom. The molecule has 0 atom stereocenters. The van der Waals surface area contributed by atoms with Crippen molar-refractivity contribution in [2.75, 3.05) is 139 Å². The van der Waals surface area contributed by atoms with E-state index in [9.17, 15) is 47.9 Å². The molecule has 0 aliphatic carbocycles. The van der Waals surface area contributed by atoms with Gasteiger partial charge in [-0.25, -0.2) is 47.9 Å². The van der Waals surface area contributed by atoms with Crippen molar-refractivity contribution in [2.24, 2.45) is 0 Å². The molecule has 26 nitrogen and oxygen atoms in total. The van der Waals surface area contributed by atoms with Crippen molar-refractivity contribution in [1.82, 2.24) is 0 Å². The number of unbranched alkanes of at least 4 members (excludes halogenated alkanes) is 38. The van der Waals surface area contributed by atoms with Gasteiger partial charge in [0, 0.05) is 119 Å². The van der Waals surface area contributed by atoms with Crippen LogP contribution in [-0.2, 0) is 124 Å². The Morgan fingerprint density at radius 2 is 0.358 bits per heavy atom. The average Bonchev–Trinajstić information content (AvgIpc) is 1.01. The zero-order valence-electron chi connectivity index (χ0n) is 92.2.